The van der Waals surface area contributed by atoms with Crippen LogP contribution < -0.4 is 4.90 Å². The molecule has 0 saturated carbocycles. The van der Waals surface area contributed by atoms with Gasteiger partial charge in [-0.05, 0) is 44.9 Å². The Morgan fingerprint density at radius 2 is 2.05 bits per heavy atom. The van der Waals surface area contributed by atoms with Crippen molar-refractivity contribution in [2.75, 3.05) is 11.4 Å². The molecular weight excluding hydrogens is 320 g/mol. The summed E-state index contributed by atoms with van der Waals surface area (Å²) in [5.74, 6) is -0.931. The summed E-state index contributed by atoms with van der Waals surface area (Å²) in [7, 11) is 0. The summed E-state index contributed by atoms with van der Waals surface area (Å²) in [6.07, 6.45) is 1.37. The van der Waals surface area contributed by atoms with Gasteiger partial charge < -0.3 is 4.90 Å². The highest BCUT2D eigenvalue weighted by atomic mass is 79.9. The van der Waals surface area contributed by atoms with Crippen LogP contribution in [0.5, 0.6) is 0 Å². The predicted molar refractivity (Wildman–Crippen MR) is 79.5 cm³/mol. The number of nitriles is 1. The molecule has 0 N–H and O–H groups in total. The first-order valence-corrected chi connectivity index (χ1v) is 7.22. The number of nitrogens with zero attached hydrogens (tertiary/aromatic N) is 2. The Labute approximate surface area is 126 Å². The van der Waals surface area contributed by atoms with E-state index in [2.05, 4.69) is 22.0 Å². The Morgan fingerprint density at radius 3 is 2.70 bits per heavy atom. The first kappa shape index (κ1) is 14.7. The lowest BCUT2D eigenvalue weighted by atomic mass is 9.90. The predicted octanol–water partition coefficient (Wildman–Crippen LogP) is 3.31. The van der Waals surface area contributed by atoms with Crippen LogP contribution in [0.25, 0.3) is 0 Å². The van der Waals surface area contributed by atoms with Gasteiger partial charge in [0.05, 0.1) is 22.7 Å². The van der Waals surface area contributed by atoms with Crippen LogP contribution in [0.15, 0.2) is 22.7 Å². The monoisotopic (exact) mass is 334 g/mol. The number of carbonyl (C=O) groups excluding carboxylic acids is 2. The third-order valence-electron chi connectivity index (χ3n) is 3.42. The van der Waals surface area contributed by atoms with E-state index in [9.17, 15) is 9.59 Å². The van der Waals surface area contributed by atoms with Gasteiger partial charge in [-0.25, -0.2) is 0 Å². The molecule has 0 unspecified atom stereocenters. The Kier molecular flexibility index (Phi) is 3.96. The molecule has 4 nitrogen and oxygen atoms in total. The van der Waals surface area contributed by atoms with Gasteiger partial charge in [-0.3, -0.25) is 9.59 Å². The molecule has 1 aliphatic heterocycles. The lowest BCUT2D eigenvalue weighted by Gasteiger charge is -2.19. The summed E-state index contributed by atoms with van der Waals surface area (Å²) < 4.78 is 0.834. The van der Waals surface area contributed by atoms with E-state index in [1.807, 2.05) is 13.8 Å². The van der Waals surface area contributed by atoms with Crippen molar-refractivity contribution < 1.29 is 9.59 Å². The molecule has 0 bridgehead atoms. The Morgan fingerprint density at radius 1 is 1.35 bits per heavy atom. The normalized spacial score (nSPS) is 14.4. The molecule has 0 atom stereocenters. The van der Waals surface area contributed by atoms with Crippen LogP contribution in [0, 0.1) is 16.7 Å². The van der Waals surface area contributed by atoms with E-state index in [-0.39, 0.29) is 0 Å². The molecule has 0 saturated heterocycles. The van der Waals surface area contributed by atoms with E-state index in [1.165, 1.54) is 4.90 Å². The Hall–Kier alpha value is -1.67. The second kappa shape index (κ2) is 5.37. The smallest absolute Gasteiger partial charge is 0.299 e. The fourth-order valence-electron chi connectivity index (χ4n) is 2.22. The molecular formula is C15H15BrN2O2. The van der Waals surface area contributed by atoms with Crippen molar-refractivity contribution in [2.45, 2.75) is 26.7 Å². The molecule has 0 spiro atoms. The van der Waals surface area contributed by atoms with Gasteiger partial charge >= 0.3 is 0 Å². The van der Waals surface area contributed by atoms with Crippen LogP contribution in [-0.4, -0.2) is 18.2 Å². The number of halogens is 1. The molecule has 5 heteroatoms. The maximum absolute atomic E-state index is 12.0. The van der Waals surface area contributed by atoms with Gasteiger partial charge in [-0.15, -0.1) is 0 Å². The number of rotatable bonds is 4. The van der Waals surface area contributed by atoms with Gasteiger partial charge in [0.25, 0.3) is 11.7 Å². The van der Waals surface area contributed by atoms with Gasteiger partial charge in [0.15, 0.2) is 0 Å². The van der Waals surface area contributed by atoms with Gasteiger partial charge in [0.1, 0.15) is 0 Å². The molecule has 1 heterocycles. The van der Waals surface area contributed by atoms with E-state index in [1.54, 1.807) is 18.2 Å². The topological polar surface area (TPSA) is 61.2 Å². The van der Waals surface area contributed by atoms with Gasteiger partial charge in [-0.2, -0.15) is 5.26 Å². The lowest BCUT2D eigenvalue weighted by molar-refractivity contribution is -0.114. The molecule has 104 valence electrons. The zero-order valence-electron chi connectivity index (χ0n) is 11.4. The number of fused-ring (bicyclic) bond motifs is 1. The van der Waals surface area contributed by atoms with Crippen molar-refractivity contribution in [3.05, 3.63) is 28.2 Å². The van der Waals surface area contributed by atoms with Crippen molar-refractivity contribution in [1.29, 1.82) is 5.26 Å². The van der Waals surface area contributed by atoms with Crippen molar-refractivity contribution in [3.63, 3.8) is 0 Å². The molecule has 20 heavy (non-hydrogen) atoms. The average Bonchev–Trinajstić information content (AvgIpc) is 2.63. The zero-order valence-corrected chi connectivity index (χ0v) is 13.0. The highest BCUT2D eigenvalue weighted by Crippen LogP contribution is 2.32. The summed E-state index contributed by atoms with van der Waals surface area (Å²) in [4.78, 5) is 25.4. The van der Waals surface area contributed by atoms with Crippen LogP contribution in [0.3, 0.4) is 0 Å². The van der Waals surface area contributed by atoms with E-state index in [0.717, 1.165) is 4.47 Å². The van der Waals surface area contributed by atoms with E-state index in [0.29, 0.717) is 30.6 Å². The number of benzene rings is 1. The number of hydrogen-bond acceptors (Lipinski definition) is 3. The number of carbonyl (C=O) groups is 2. The second-order valence-corrected chi connectivity index (χ2v) is 6.46. The Balaban J connectivity index is 2.14. The molecule has 0 radical (unpaired) electrons. The SMILES string of the molecule is CC(C)(C#N)CCCN1C(=O)C(=O)c2ccc(Br)cc21. The van der Waals surface area contributed by atoms with E-state index < -0.39 is 17.1 Å². The first-order chi connectivity index (χ1) is 9.35. The van der Waals surface area contributed by atoms with E-state index in [4.69, 9.17) is 5.26 Å². The maximum atomic E-state index is 12.0. The Bertz CT molecular complexity index is 617. The van der Waals surface area contributed by atoms with Crippen LogP contribution in [0.1, 0.15) is 37.0 Å². The van der Waals surface area contributed by atoms with Crippen molar-refractivity contribution in [3.8, 4) is 6.07 Å². The van der Waals surface area contributed by atoms with Crippen LogP contribution in [-0.2, 0) is 4.79 Å². The fourth-order valence-corrected chi connectivity index (χ4v) is 2.57. The van der Waals surface area contributed by atoms with Crippen molar-refractivity contribution in [2.24, 2.45) is 5.41 Å². The highest BCUT2D eigenvalue weighted by molar-refractivity contribution is 9.10. The molecule has 1 aromatic carbocycles. The number of anilines is 1. The second-order valence-electron chi connectivity index (χ2n) is 5.55. The number of Topliss-reactive ketones (excluding diaryl/α,β-unsaturated/α-hetero) is 1. The minimum absolute atomic E-state index is 0.410. The summed E-state index contributed by atoms with van der Waals surface area (Å²) in [5.41, 5.74) is 0.703. The quantitative estimate of drug-likeness (QED) is 0.793. The standard InChI is InChI=1S/C15H15BrN2O2/c1-15(2,9-17)6-3-7-18-12-8-10(16)4-5-11(12)13(19)14(18)20/h4-5,8H,3,6-7H2,1-2H3. The third kappa shape index (κ3) is 2.75. The zero-order chi connectivity index (χ0) is 14.9. The summed E-state index contributed by atoms with van der Waals surface area (Å²) >= 11 is 3.35. The largest absolute Gasteiger partial charge is 0.305 e. The number of amides is 1. The minimum atomic E-state index is -0.479. The highest BCUT2D eigenvalue weighted by Gasteiger charge is 2.35. The number of hydrogen-bond donors (Lipinski definition) is 0. The van der Waals surface area contributed by atoms with Gasteiger partial charge in [-0.1, -0.05) is 15.9 Å². The van der Waals surface area contributed by atoms with Gasteiger partial charge in [0, 0.05) is 11.0 Å². The summed E-state index contributed by atoms with van der Waals surface area (Å²) in [5, 5.41) is 8.98. The van der Waals surface area contributed by atoms with Gasteiger partial charge in [0.2, 0.25) is 0 Å². The van der Waals surface area contributed by atoms with Crippen LogP contribution in [0.2, 0.25) is 0 Å². The fraction of sp³-hybridized carbons (Fsp3) is 0.400. The first-order valence-electron chi connectivity index (χ1n) is 6.43. The molecule has 2 rings (SSSR count). The van der Waals surface area contributed by atoms with Crippen molar-refractivity contribution in [1.82, 2.24) is 0 Å². The molecule has 0 fully saturated rings. The summed E-state index contributed by atoms with van der Waals surface area (Å²) in [6, 6.07) is 7.44. The minimum Gasteiger partial charge on any atom is -0.305 e. The van der Waals surface area contributed by atoms with Crippen LogP contribution in [0.4, 0.5) is 5.69 Å². The third-order valence-corrected chi connectivity index (χ3v) is 3.91. The molecule has 1 aromatic rings. The maximum Gasteiger partial charge on any atom is 0.299 e. The molecule has 1 amide bonds. The molecule has 0 aromatic heterocycles. The van der Waals surface area contributed by atoms with Crippen LogP contribution >= 0.6 is 15.9 Å². The summed E-state index contributed by atoms with van der Waals surface area (Å²) in [6.45, 7) is 4.20. The molecule has 1 aliphatic rings. The number of ketones is 1. The lowest BCUT2D eigenvalue weighted by Crippen LogP contribution is -2.31. The molecule has 0 aliphatic carbocycles. The average molecular weight is 335 g/mol. The van der Waals surface area contributed by atoms with E-state index >= 15 is 0 Å². The van der Waals surface area contributed by atoms with Crippen molar-refractivity contribution >= 4 is 33.3 Å².